The van der Waals surface area contributed by atoms with Gasteiger partial charge in [-0.1, -0.05) is 18.2 Å². The van der Waals surface area contributed by atoms with Crippen molar-refractivity contribution >= 4 is 5.97 Å². The van der Waals surface area contributed by atoms with Gasteiger partial charge in [0.2, 0.25) is 0 Å². The number of aromatic nitrogens is 2. The Balaban J connectivity index is 2.24. The molecule has 100 valence electrons. The van der Waals surface area contributed by atoms with Crippen LogP contribution in [0.25, 0.3) is 0 Å². The molecule has 0 aliphatic heterocycles. The van der Waals surface area contributed by atoms with Gasteiger partial charge in [-0.15, -0.1) is 0 Å². The minimum atomic E-state index is -0.409. The van der Waals surface area contributed by atoms with Gasteiger partial charge < -0.3 is 9.47 Å². The second kappa shape index (κ2) is 6.04. The Morgan fingerprint density at radius 2 is 2.11 bits per heavy atom. The molecule has 0 saturated heterocycles. The average molecular weight is 260 g/mol. The number of hydrogen-bond donors (Lipinski definition) is 1. The van der Waals surface area contributed by atoms with Crippen LogP contribution in [0.1, 0.15) is 28.5 Å². The van der Waals surface area contributed by atoms with Crippen LogP contribution in [-0.2, 0) is 11.2 Å². The molecule has 0 bridgehead atoms. The van der Waals surface area contributed by atoms with Gasteiger partial charge in [-0.2, -0.15) is 5.10 Å². The van der Waals surface area contributed by atoms with E-state index in [9.17, 15) is 4.79 Å². The van der Waals surface area contributed by atoms with Gasteiger partial charge in [-0.05, 0) is 18.6 Å². The zero-order chi connectivity index (χ0) is 13.7. The Morgan fingerprint density at radius 3 is 2.84 bits per heavy atom. The van der Waals surface area contributed by atoms with Crippen molar-refractivity contribution in [2.45, 2.75) is 13.3 Å². The van der Waals surface area contributed by atoms with Crippen molar-refractivity contribution in [3.63, 3.8) is 0 Å². The molecule has 1 aromatic carbocycles. The van der Waals surface area contributed by atoms with E-state index in [1.807, 2.05) is 24.3 Å². The summed E-state index contributed by atoms with van der Waals surface area (Å²) in [5.41, 5.74) is 2.12. The molecule has 2 aromatic rings. The summed E-state index contributed by atoms with van der Waals surface area (Å²) < 4.78 is 10.3. The molecule has 0 saturated carbocycles. The summed E-state index contributed by atoms with van der Waals surface area (Å²) in [6.45, 7) is 2.10. The molecule has 0 spiro atoms. The number of ether oxygens (including phenoxy) is 2. The van der Waals surface area contributed by atoms with Crippen LogP contribution < -0.4 is 4.74 Å². The van der Waals surface area contributed by atoms with Gasteiger partial charge >= 0.3 is 5.97 Å². The van der Waals surface area contributed by atoms with Gasteiger partial charge in [0, 0.05) is 18.2 Å². The molecule has 0 aliphatic carbocycles. The number of aromatic amines is 1. The lowest BCUT2D eigenvalue weighted by atomic mass is 10.0. The van der Waals surface area contributed by atoms with E-state index in [2.05, 4.69) is 10.2 Å². The molecule has 5 heteroatoms. The smallest absolute Gasteiger partial charge is 0.359 e. The molecule has 0 amide bonds. The second-order valence-corrected chi connectivity index (χ2v) is 3.97. The molecule has 1 N–H and O–H groups in total. The van der Waals surface area contributed by atoms with Crippen LogP contribution >= 0.6 is 0 Å². The molecule has 2 rings (SSSR count). The van der Waals surface area contributed by atoms with Crippen LogP contribution in [0.4, 0.5) is 0 Å². The predicted molar refractivity (Wildman–Crippen MR) is 70.3 cm³/mol. The minimum absolute atomic E-state index is 0.327. The molecule has 19 heavy (non-hydrogen) atoms. The Labute approximate surface area is 111 Å². The van der Waals surface area contributed by atoms with Crippen molar-refractivity contribution in [2.75, 3.05) is 13.7 Å². The predicted octanol–water partition coefficient (Wildman–Crippen LogP) is 2.19. The summed E-state index contributed by atoms with van der Waals surface area (Å²) in [4.78, 5) is 11.7. The van der Waals surface area contributed by atoms with Gasteiger partial charge in [0.25, 0.3) is 0 Å². The molecule has 0 aliphatic rings. The molecule has 0 atom stereocenters. The van der Waals surface area contributed by atoms with Crippen molar-refractivity contribution in [2.24, 2.45) is 0 Å². The highest BCUT2D eigenvalue weighted by Crippen LogP contribution is 2.22. The highest BCUT2D eigenvalue weighted by atomic mass is 16.5. The van der Waals surface area contributed by atoms with Crippen LogP contribution in [0.5, 0.6) is 5.75 Å². The zero-order valence-corrected chi connectivity index (χ0v) is 11.0. The summed E-state index contributed by atoms with van der Waals surface area (Å²) >= 11 is 0. The molecule has 5 nitrogen and oxygen atoms in total. The lowest BCUT2D eigenvalue weighted by Crippen LogP contribution is -2.08. The standard InChI is InChI=1S/C14H16N2O3/c1-3-19-14(17)13-11(9-15-16-13)8-10-6-4-5-7-12(10)18-2/h4-7,9H,3,8H2,1-2H3,(H,15,16). The lowest BCUT2D eigenvalue weighted by molar-refractivity contribution is 0.0518. The fourth-order valence-electron chi connectivity index (χ4n) is 1.88. The van der Waals surface area contributed by atoms with Gasteiger partial charge in [0.15, 0.2) is 5.69 Å². The molecule has 1 aromatic heterocycles. The van der Waals surface area contributed by atoms with E-state index in [1.54, 1.807) is 20.2 Å². The van der Waals surface area contributed by atoms with Crippen LogP contribution in [0.2, 0.25) is 0 Å². The molecule has 0 radical (unpaired) electrons. The summed E-state index contributed by atoms with van der Waals surface area (Å²) in [6.07, 6.45) is 2.27. The molecule has 0 unspecified atom stereocenters. The van der Waals surface area contributed by atoms with E-state index in [0.29, 0.717) is 18.7 Å². The fraction of sp³-hybridized carbons (Fsp3) is 0.286. The third-order valence-electron chi connectivity index (χ3n) is 2.76. The topological polar surface area (TPSA) is 64.2 Å². The maximum atomic E-state index is 11.7. The van der Waals surface area contributed by atoms with E-state index < -0.39 is 5.97 Å². The highest BCUT2D eigenvalue weighted by Gasteiger charge is 2.17. The Kier molecular flexibility index (Phi) is 4.18. The van der Waals surface area contributed by atoms with E-state index in [0.717, 1.165) is 16.9 Å². The number of hydrogen-bond acceptors (Lipinski definition) is 4. The maximum absolute atomic E-state index is 11.7. The van der Waals surface area contributed by atoms with Gasteiger partial charge in [0.1, 0.15) is 5.75 Å². The molecule has 1 heterocycles. The Bertz CT molecular complexity index is 563. The van der Waals surface area contributed by atoms with Gasteiger partial charge in [0.05, 0.1) is 13.7 Å². The largest absolute Gasteiger partial charge is 0.496 e. The SMILES string of the molecule is CCOC(=O)c1n[nH]cc1Cc1ccccc1OC. The number of esters is 1. The summed E-state index contributed by atoms with van der Waals surface area (Å²) in [5.74, 6) is 0.382. The number of carbonyl (C=O) groups excluding carboxylic acids is 1. The first-order valence-electron chi connectivity index (χ1n) is 6.08. The first kappa shape index (κ1) is 13.1. The first-order chi connectivity index (χ1) is 9.26. The first-order valence-corrected chi connectivity index (χ1v) is 6.08. The number of H-pyrrole nitrogens is 1. The maximum Gasteiger partial charge on any atom is 0.359 e. The number of methoxy groups -OCH3 is 1. The third kappa shape index (κ3) is 2.93. The van der Waals surface area contributed by atoms with Crippen LogP contribution in [-0.4, -0.2) is 29.9 Å². The van der Waals surface area contributed by atoms with E-state index in [1.165, 1.54) is 0 Å². The monoisotopic (exact) mass is 260 g/mol. The molecular weight excluding hydrogens is 244 g/mol. The number of nitrogens with one attached hydrogen (secondary N) is 1. The summed E-state index contributed by atoms with van der Waals surface area (Å²) in [7, 11) is 1.63. The summed E-state index contributed by atoms with van der Waals surface area (Å²) in [6, 6.07) is 7.69. The third-order valence-corrected chi connectivity index (χ3v) is 2.76. The fourth-order valence-corrected chi connectivity index (χ4v) is 1.88. The zero-order valence-electron chi connectivity index (χ0n) is 11.0. The Hall–Kier alpha value is -2.30. The number of benzene rings is 1. The van der Waals surface area contributed by atoms with Gasteiger partial charge in [-0.3, -0.25) is 5.10 Å². The van der Waals surface area contributed by atoms with Gasteiger partial charge in [-0.25, -0.2) is 4.79 Å². The molecular formula is C14H16N2O3. The lowest BCUT2D eigenvalue weighted by Gasteiger charge is -2.07. The number of rotatable bonds is 5. The van der Waals surface area contributed by atoms with Crippen molar-refractivity contribution in [1.29, 1.82) is 0 Å². The minimum Gasteiger partial charge on any atom is -0.496 e. The average Bonchev–Trinajstić information content (AvgIpc) is 2.88. The van der Waals surface area contributed by atoms with E-state index >= 15 is 0 Å². The number of para-hydroxylation sites is 1. The van der Waals surface area contributed by atoms with Crippen LogP contribution in [0.3, 0.4) is 0 Å². The summed E-state index contributed by atoms with van der Waals surface area (Å²) in [5, 5.41) is 6.65. The van der Waals surface area contributed by atoms with E-state index in [4.69, 9.17) is 9.47 Å². The normalized spacial score (nSPS) is 10.2. The molecule has 0 fully saturated rings. The van der Waals surface area contributed by atoms with Crippen LogP contribution in [0.15, 0.2) is 30.5 Å². The van der Waals surface area contributed by atoms with Crippen molar-refractivity contribution < 1.29 is 14.3 Å². The Morgan fingerprint density at radius 1 is 1.32 bits per heavy atom. The highest BCUT2D eigenvalue weighted by molar-refractivity contribution is 5.88. The van der Waals surface area contributed by atoms with Crippen molar-refractivity contribution in [3.05, 3.63) is 47.3 Å². The quantitative estimate of drug-likeness (QED) is 0.837. The second-order valence-electron chi connectivity index (χ2n) is 3.97. The van der Waals surface area contributed by atoms with Crippen LogP contribution in [0, 0.1) is 0 Å². The number of nitrogens with zero attached hydrogens (tertiary/aromatic N) is 1. The van der Waals surface area contributed by atoms with Crippen molar-refractivity contribution in [3.8, 4) is 5.75 Å². The number of carbonyl (C=O) groups is 1. The van der Waals surface area contributed by atoms with Crippen molar-refractivity contribution in [1.82, 2.24) is 10.2 Å². The van der Waals surface area contributed by atoms with E-state index in [-0.39, 0.29) is 0 Å².